The Labute approximate surface area is 158 Å². The van der Waals surface area contributed by atoms with Crippen molar-refractivity contribution in [2.75, 3.05) is 64.7 Å². The summed E-state index contributed by atoms with van der Waals surface area (Å²) in [7, 11) is 1.69. The lowest BCUT2D eigenvalue weighted by Gasteiger charge is -2.35. The Morgan fingerprint density at radius 1 is 1.15 bits per heavy atom. The van der Waals surface area contributed by atoms with Crippen LogP contribution in [0.5, 0.6) is 11.5 Å². The molecule has 2 saturated heterocycles. The molecule has 4 rings (SSSR count). The summed E-state index contributed by atoms with van der Waals surface area (Å²) in [4.78, 5) is 31.6. The van der Waals surface area contributed by atoms with Crippen molar-refractivity contribution in [1.82, 2.24) is 9.80 Å². The Kier molecular flexibility index (Phi) is 5.18. The molecular weight excluding hydrogens is 350 g/mol. The first-order valence-corrected chi connectivity index (χ1v) is 9.38. The zero-order valence-electron chi connectivity index (χ0n) is 15.6. The molecule has 0 spiro atoms. The number of carbonyl (C=O) groups is 2. The second-order valence-corrected chi connectivity index (χ2v) is 7.03. The molecule has 0 N–H and O–H groups in total. The molecule has 1 atom stereocenters. The second-order valence-electron chi connectivity index (χ2n) is 7.03. The number of methoxy groups -OCH3 is 1. The Morgan fingerprint density at radius 2 is 1.93 bits per heavy atom. The van der Waals surface area contributed by atoms with Gasteiger partial charge in [-0.1, -0.05) is 0 Å². The minimum absolute atomic E-state index is 0.0466. The van der Waals surface area contributed by atoms with Gasteiger partial charge in [-0.2, -0.15) is 0 Å². The van der Waals surface area contributed by atoms with Crippen molar-refractivity contribution < 1.29 is 23.8 Å². The highest BCUT2D eigenvalue weighted by Crippen LogP contribution is 2.37. The zero-order chi connectivity index (χ0) is 18.8. The molecule has 1 aromatic rings. The molecule has 3 aliphatic rings. The van der Waals surface area contributed by atoms with E-state index in [1.54, 1.807) is 18.1 Å². The van der Waals surface area contributed by atoms with Gasteiger partial charge in [-0.3, -0.25) is 14.5 Å². The van der Waals surface area contributed by atoms with E-state index in [4.69, 9.17) is 14.2 Å². The molecule has 8 heteroatoms. The SMILES string of the molecule is COCCN1CCN(C(=O)C2CCN(c3ccc4c(c3)OCO4)C2=O)CC1. The fourth-order valence-electron chi connectivity index (χ4n) is 3.85. The smallest absolute Gasteiger partial charge is 0.239 e. The Bertz CT molecular complexity index is 717. The van der Waals surface area contributed by atoms with Crippen molar-refractivity contribution in [2.45, 2.75) is 6.42 Å². The second kappa shape index (κ2) is 7.74. The van der Waals surface area contributed by atoms with E-state index in [1.807, 2.05) is 17.0 Å². The van der Waals surface area contributed by atoms with Gasteiger partial charge in [-0.05, 0) is 18.6 Å². The van der Waals surface area contributed by atoms with Crippen molar-refractivity contribution in [2.24, 2.45) is 5.92 Å². The van der Waals surface area contributed by atoms with Crippen LogP contribution in [-0.4, -0.2) is 81.4 Å². The topological polar surface area (TPSA) is 71.6 Å². The molecule has 3 aliphatic heterocycles. The average Bonchev–Trinajstić information content (AvgIpc) is 3.32. The van der Waals surface area contributed by atoms with E-state index in [0.29, 0.717) is 44.2 Å². The summed E-state index contributed by atoms with van der Waals surface area (Å²) in [5, 5.41) is 0. The van der Waals surface area contributed by atoms with E-state index in [1.165, 1.54) is 0 Å². The van der Waals surface area contributed by atoms with Crippen LogP contribution in [0, 0.1) is 5.92 Å². The number of anilines is 1. The lowest BCUT2D eigenvalue weighted by molar-refractivity contribution is -0.141. The van der Waals surface area contributed by atoms with Crippen LogP contribution < -0.4 is 14.4 Å². The maximum atomic E-state index is 12.9. The summed E-state index contributed by atoms with van der Waals surface area (Å²) in [5.74, 6) is 0.572. The van der Waals surface area contributed by atoms with Gasteiger partial charge in [0.1, 0.15) is 5.92 Å². The van der Waals surface area contributed by atoms with Gasteiger partial charge < -0.3 is 24.0 Å². The van der Waals surface area contributed by atoms with Crippen LogP contribution in [-0.2, 0) is 14.3 Å². The number of rotatable bonds is 5. The maximum Gasteiger partial charge on any atom is 0.239 e. The molecule has 0 aromatic heterocycles. The van der Waals surface area contributed by atoms with Crippen molar-refractivity contribution in [3.8, 4) is 11.5 Å². The largest absolute Gasteiger partial charge is 0.454 e. The molecule has 2 amide bonds. The molecule has 3 heterocycles. The van der Waals surface area contributed by atoms with Crippen molar-refractivity contribution >= 4 is 17.5 Å². The van der Waals surface area contributed by atoms with Crippen LogP contribution in [0.3, 0.4) is 0 Å². The lowest BCUT2D eigenvalue weighted by Crippen LogP contribution is -2.51. The molecule has 0 aliphatic carbocycles. The first-order valence-electron chi connectivity index (χ1n) is 9.38. The Morgan fingerprint density at radius 3 is 2.70 bits per heavy atom. The predicted molar refractivity (Wildman–Crippen MR) is 97.9 cm³/mol. The van der Waals surface area contributed by atoms with Crippen LogP contribution >= 0.6 is 0 Å². The number of hydrogen-bond donors (Lipinski definition) is 0. The number of carbonyl (C=O) groups excluding carboxylic acids is 2. The number of hydrogen-bond acceptors (Lipinski definition) is 6. The number of nitrogens with zero attached hydrogens (tertiary/aromatic N) is 3. The Hall–Kier alpha value is -2.32. The molecule has 1 unspecified atom stereocenters. The summed E-state index contributed by atoms with van der Waals surface area (Å²) >= 11 is 0. The highest BCUT2D eigenvalue weighted by atomic mass is 16.7. The van der Waals surface area contributed by atoms with E-state index in [0.717, 1.165) is 25.3 Å². The van der Waals surface area contributed by atoms with Gasteiger partial charge >= 0.3 is 0 Å². The molecule has 1 aromatic carbocycles. The predicted octanol–water partition coefficient (Wildman–Crippen LogP) is 0.559. The van der Waals surface area contributed by atoms with Gasteiger partial charge in [0.05, 0.1) is 6.61 Å². The van der Waals surface area contributed by atoms with Crippen LogP contribution in [0.2, 0.25) is 0 Å². The third-order valence-corrected chi connectivity index (χ3v) is 5.47. The van der Waals surface area contributed by atoms with Gasteiger partial charge in [0.15, 0.2) is 11.5 Å². The molecule has 2 fully saturated rings. The number of amides is 2. The first-order chi connectivity index (χ1) is 13.2. The van der Waals surface area contributed by atoms with Crippen molar-refractivity contribution in [3.05, 3.63) is 18.2 Å². The van der Waals surface area contributed by atoms with Gasteiger partial charge in [-0.25, -0.2) is 0 Å². The highest BCUT2D eigenvalue weighted by molar-refractivity contribution is 6.09. The summed E-state index contributed by atoms with van der Waals surface area (Å²) in [6.07, 6.45) is 0.552. The van der Waals surface area contributed by atoms with Crippen molar-refractivity contribution in [1.29, 1.82) is 0 Å². The first kappa shape index (κ1) is 18.1. The molecule has 27 heavy (non-hydrogen) atoms. The number of ether oxygens (including phenoxy) is 3. The van der Waals surface area contributed by atoms with E-state index in [-0.39, 0.29) is 18.6 Å². The molecule has 0 bridgehead atoms. The third kappa shape index (κ3) is 3.59. The fraction of sp³-hybridized carbons (Fsp3) is 0.579. The van der Waals surface area contributed by atoms with E-state index in [9.17, 15) is 9.59 Å². The van der Waals surface area contributed by atoms with Gasteiger partial charge in [-0.15, -0.1) is 0 Å². The third-order valence-electron chi connectivity index (χ3n) is 5.47. The normalized spacial score (nSPS) is 22.6. The highest BCUT2D eigenvalue weighted by Gasteiger charge is 2.40. The molecule has 0 radical (unpaired) electrons. The summed E-state index contributed by atoms with van der Waals surface area (Å²) in [6, 6.07) is 5.45. The van der Waals surface area contributed by atoms with E-state index >= 15 is 0 Å². The molecule has 146 valence electrons. The maximum absolute atomic E-state index is 12.9. The monoisotopic (exact) mass is 375 g/mol. The molecular formula is C19H25N3O5. The minimum Gasteiger partial charge on any atom is -0.454 e. The summed E-state index contributed by atoms with van der Waals surface area (Å²) in [5.41, 5.74) is 0.754. The molecule has 0 saturated carbocycles. The van der Waals surface area contributed by atoms with Gasteiger partial charge in [0.2, 0.25) is 18.6 Å². The zero-order valence-corrected chi connectivity index (χ0v) is 15.6. The minimum atomic E-state index is -0.582. The molecule has 8 nitrogen and oxygen atoms in total. The quantitative estimate of drug-likeness (QED) is 0.701. The van der Waals surface area contributed by atoms with Crippen LogP contribution in [0.4, 0.5) is 5.69 Å². The average molecular weight is 375 g/mol. The van der Waals surface area contributed by atoms with E-state index < -0.39 is 5.92 Å². The van der Waals surface area contributed by atoms with Gasteiger partial charge in [0, 0.05) is 58.1 Å². The van der Waals surface area contributed by atoms with Gasteiger partial charge in [0.25, 0.3) is 0 Å². The Balaban J connectivity index is 1.37. The fourth-order valence-corrected chi connectivity index (χ4v) is 3.85. The van der Waals surface area contributed by atoms with Crippen LogP contribution in [0.25, 0.3) is 0 Å². The number of benzene rings is 1. The van der Waals surface area contributed by atoms with Crippen LogP contribution in [0.15, 0.2) is 18.2 Å². The standard InChI is InChI=1S/C19H25N3O5/c1-25-11-10-20-6-8-21(9-7-20)18(23)15-4-5-22(19(15)24)14-2-3-16-17(12-14)27-13-26-16/h2-3,12,15H,4-11,13H2,1H3. The summed E-state index contributed by atoms with van der Waals surface area (Å²) in [6.45, 7) is 5.28. The number of fused-ring (bicyclic) bond motifs is 1. The number of piperazine rings is 1. The van der Waals surface area contributed by atoms with Crippen LogP contribution in [0.1, 0.15) is 6.42 Å². The summed E-state index contributed by atoms with van der Waals surface area (Å²) < 4.78 is 15.8. The van der Waals surface area contributed by atoms with E-state index in [2.05, 4.69) is 4.90 Å². The lowest BCUT2D eigenvalue weighted by atomic mass is 10.1. The van der Waals surface area contributed by atoms with Crippen molar-refractivity contribution in [3.63, 3.8) is 0 Å².